The van der Waals surface area contributed by atoms with Gasteiger partial charge in [-0.3, -0.25) is 0 Å². The molecule has 1 aromatic carbocycles. The van der Waals surface area contributed by atoms with E-state index in [0.717, 1.165) is 16.6 Å². The highest BCUT2D eigenvalue weighted by Crippen LogP contribution is 2.23. The molecule has 0 aliphatic carbocycles. The van der Waals surface area contributed by atoms with Crippen molar-refractivity contribution in [1.82, 2.24) is 9.55 Å². The molecule has 1 N–H and O–H groups in total. The Morgan fingerprint density at radius 3 is 2.71 bits per heavy atom. The smallest absolute Gasteiger partial charge is 0.331 e. The summed E-state index contributed by atoms with van der Waals surface area (Å²) in [4.78, 5) is 2.91. The maximum Gasteiger partial charge on any atom is 0.390 e. The summed E-state index contributed by atoms with van der Waals surface area (Å²) in [6, 6.07) is 5.51. The van der Waals surface area contributed by atoms with Crippen molar-refractivity contribution < 1.29 is 13.2 Å². The Hall–Kier alpha value is -1.30. The van der Waals surface area contributed by atoms with E-state index in [0.29, 0.717) is 4.77 Å². The number of nitrogens with zero attached hydrogens (tertiary/aromatic N) is 1. The second-order valence-electron chi connectivity index (χ2n) is 3.92. The lowest BCUT2D eigenvalue weighted by Crippen LogP contribution is -2.12. The predicted molar refractivity (Wildman–Crippen MR) is 62.5 cm³/mol. The van der Waals surface area contributed by atoms with E-state index in [2.05, 4.69) is 4.98 Å². The van der Waals surface area contributed by atoms with E-state index < -0.39 is 12.6 Å². The molecule has 0 aliphatic heterocycles. The molecule has 0 saturated heterocycles. The van der Waals surface area contributed by atoms with Crippen molar-refractivity contribution >= 4 is 23.3 Å². The number of para-hydroxylation sites is 1. The summed E-state index contributed by atoms with van der Waals surface area (Å²) in [6.07, 6.45) is -5.04. The van der Waals surface area contributed by atoms with Crippen molar-refractivity contribution in [3.63, 3.8) is 0 Å². The number of hydrogen-bond acceptors (Lipinski definition) is 1. The summed E-state index contributed by atoms with van der Waals surface area (Å²) in [5, 5.41) is 0. The van der Waals surface area contributed by atoms with Gasteiger partial charge >= 0.3 is 6.18 Å². The lowest BCUT2D eigenvalue weighted by atomic mass is 10.2. The van der Waals surface area contributed by atoms with Crippen LogP contribution in [0.5, 0.6) is 0 Å². The number of aromatic nitrogens is 2. The fourth-order valence-electron chi connectivity index (χ4n) is 1.85. The molecule has 0 bridgehead atoms. The molecule has 0 fully saturated rings. The number of alkyl halides is 3. The van der Waals surface area contributed by atoms with Gasteiger partial charge in [-0.25, -0.2) is 0 Å². The number of aryl methyl sites for hydroxylation is 2. The molecule has 2 aromatic rings. The first kappa shape index (κ1) is 12.2. The van der Waals surface area contributed by atoms with Crippen molar-refractivity contribution in [2.24, 2.45) is 0 Å². The van der Waals surface area contributed by atoms with E-state index in [-0.39, 0.29) is 6.54 Å². The highest BCUT2D eigenvalue weighted by Gasteiger charge is 2.27. The van der Waals surface area contributed by atoms with Crippen LogP contribution < -0.4 is 0 Å². The summed E-state index contributed by atoms with van der Waals surface area (Å²) < 4.78 is 38.5. The number of hydrogen-bond donors (Lipinski definition) is 1. The van der Waals surface area contributed by atoms with Crippen LogP contribution in [0.4, 0.5) is 13.2 Å². The van der Waals surface area contributed by atoms with Crippen LogP contribution in [0.1, 0.15) is 12.0 Å². The van der Waals surface area contributed by atoms with Crippen molar-refractivity contribution in [2.45, 2.75) is 26.1 Å². The third-order valence-corrected chi connectivity index (χ3v) is 2.94. The quantitative estimate of drug-likeness (QED) is 0.810. The number of fused-ring (bicyclic) bond motifs is 1. The number of H-pyrrole nitrogens is 1. The van der Waals surface area contributed by atoms with E-state index in [1.165, 1.54) is 4.57 Å². The molecule has 1 heterocycles. The van der Waals surface area contributed by atoms with Gasteiger partial charge in [-0.2, -0.15) is 13.2 Å². The van der Waals surface area contributed by atoms with Gasteiger partial charge in [0.15, 0.2) is 4.77 Å². The first-order valence-corrected chi connectivity index (χ1v) is 5.54. The van der Waals surface area contributed by atoms with E-state index in [1.807, 2.05) is 25.1 Å². The minimum atomic E-state index is -4.17. The second-order valence-corrected chi connectivity index (χ2v) is 4.30. The van der Waals surface area contributed by atoms with E-state index >= 15 is 0 Å². The van der Waals surface area contributed by atoms with Crippen LogP contribution in [-0.4, -0.2) is 15.7 Å². The Balaban J connectivity index is 2.46. The van der Waals surface area contributed by atoms with Gasteiger partial charge < -0.3 is 9.55 Å². The zero-order valence-corrected chi connectivity index (χ0v) is 9.95. The molecule has 0 saturated carbocycles. The summed E-state index contributed by atoms with van der Waals surface area (Å²) in [7, 11) is 0. The van der Waals surface area contributed by atoms with Crippen LogP contribution in [-0.2, 0) is 6.54 Å². The van der Waals surface area contributed by atoms with E-state index in [9.17, 15) is 13.2 Å². The zero-order valence-electron chi connectivity index (χ0n) is 9.14. The first-order chi connectivity index (χ1) is 7.88. The number of halogens is 3. The van der Waals surface area contributed by atoms with Crippen LogP contribution >= 0.6 is 12.2 Å². The minimum absolute atomic E-state index is 0.146. The normalized spacial score (nSPS) is 12.2. The molecule has 92 valence electrons. The molecule has 0 radical (unpaired) electrons. The van der Waals surface area contributed by atoms with Crippen LogP contribution in [0.25, 0.3) is 11.0 Å². The molecule has 17 heavy (non-hydrogen) atoms. The van der Waals surface area contributed by atoms with Crippen molar-refractivity contribution in [3.8, 4) is 0 Å². The number of benzene rings is 1. The van der Waals surface area contributed by atoms with Crippen LogP contribution in [0.3, 0.4) is 0 Å². The monoisotopic (exact) mass is 260 g/mol. The lowest BCUT2D eigenvalue weighted by molar-refractivity contribution is -0.136. The van der Waals surface area contributed by atoms with Crippen molar-refractivity contribution in [1.29, 1.82) is 0 Å². The molecule has 0 spiro atoms. The van der Waals surface area contributed by atoms with Gasteiger partial charge in [-0.15, -0.1) is 0 Å². The summed E-state index contributed by atoms with van der Waals surface area (Å²) in [6.45, 7) is 1.71. The third kappa shape index (κ3) is 2.52. The number of imidazole rings is 1. The molecule has 2 nitrogen and oxygen atoms in total. The largest absolute Gasteiger partial charge is 0.390 e. The topological polar surface area (TPSA) is 20.7 Å². The average Bonchev–Trinajstić information content (AvgIpc) is 2.51. The third-order valence-electron chi connectivity index (χ3n) is 2.61. The van der Waals surface area contributed by atoms with Crippen molar-refractivity contribution in [2.75, 3.05) is 0 Å². The van der Waals surface area contributed by atoms with Crippen molar-refractivity contribution in [3.05, 3.63) is 28.5 Å². The first-order valence-electron chi connectivity index (χ1n) is 5.13. The van der Waals surface area contributed by atoms with Gasteiger partial charge in [0.1, 0.15) is 0 Å². The molecular weight excluding hydrogens is 249 g/mol. The van der Waals surface area contributed by atoms with Gasteiger partial charge in [-0.1, -0.05) is 12.1 Å². The molecule has 0 aliphatic rings. The molecule has 0 atom stereocenters. The summed E-state index contributed by atoms with van der Waals surface area (Å²) in [5.74, 6) is 0. The highest BCUT2D eigenvalue weighted by molar-refractivity contribution is 7.71. The molecular formula is C11H11F3N2S. The fraction of sp³-hybridized carbons (Fsp3) is 0.364. The Bertz CT molecular complexity index is 595. The number of aromatic amines is 1. The van der Waals surface area contributed by atoms with Crippen LogP contribution in [0, 0.1) is 11.7 Å². The van der Waals surface area contributed by atoms with Gasteiger partial charge in [0, 0.05) is 6.54 Å². The van der Waals surface area contributed by atoms with Crippen LogP contribution in [0.15, 0.2) is 18.2 Å². The van der Waals surface area contributed by atoms with E-state index in [4.69, 9.17) is 12.2 Å². The van der Waals surface area contributed by atoms with Crippen LogP contribution in [0.2, 0.25) is 0 Å². The average molecular weight is 260 g/mol. The number of rotatable bonds is 2. The van der Waals surface area contributed by atoms with Gasteiger partial charge in [0.25, 0.3) is 0 Å². The van der Waals surface area contributed by atoms with E-state index in [1.54, 1.807) is 0 Å². The molecule has 1 aromatic heterocycles. The fourth-order valence-corrected chi connectivity index (χ4v) is 2.15. The highest BCUT2D eigenvalue weighted by atomic mass is 32.1. The predicted octanol–water partition coefficient (Wildman–Crippen LogP) is 3.96. The molecule has 0 amide bonds. The Labute approximate surface area is 101 Å². The summed E-state index contributed by atoms with van der Waals surface area (Å²) in [5.41, 5.74) is 2.44. The minimum Gasteiger partial charge on any atom is -0.331 e. The molecule has 0 unspecified atom stereocenters. The van der Waals surface area contributed by atoms with Gasteiger partial charge in [-0.05, 0) is 30.8 Å². The Kier molecular flexibility index (Phi) is 2.99. The zero-order chi connectivity index (χ0) is 12.6. The maximum absolute atomic E-state index is 12.2. The summed E-state index contributed by atoms with van der Waals surface area (Å²) >= 11 is 5.04. The molecule has 2 rings (SSSR count). The number of nitrogens with one attached hydrogen (secondary N) is 1. The van der Waals surface area contributed by atoms with Gasteiger partial charge in [0.2, 0.25) is 0 Å². The maximum atomic E-state index is 12.2. The second kappa shape index (κ2) is 4.18. The van der Waals surface area contributed by atoms with Gasteiger partial charge in [0.05, 0.1) is 17.5 Å². The Morgan fingerprint density at radius 2 is 2.06 bits per heavy atom. The standard InChI is InChI=1S/C11H11F3N2S/c1-7-3-2-4-8-9(7)16(10(17)15-8)6-5-11(12,13)14/h2-4H,5-6H2,1H3,(H,15,17). The Morgan fingerprint density at radius 1 is 1.35 bits per heavy atom. The molecule has 6 heteroatoms. The lowest BCUT2D eigenvalue weighted by Gasteiger charge is -2.08. The SMILES string of the molecule is Cc1cccc2[nH]c(=S)n(CCC(F)(F)F)c12.